The van der Waals surface area contributed by atoms with Crippen LogP contribution < -0.4 is 59.7 Å². The van der Waals surface area contributed by atoms with Gasteiger partial charge in [0.2, 0.25) is 53.2 Å². The van der Waals surface area contributed by atoms with E-state index in [1.807, 2.05) is 41.5 Å². The van der Waals surface area contributed by atoms with E-state index in [4.69, 9.17) is 17.2 Å². The van der Waals surface area contributed by atoms with Crippen molar-refractivity contribution in [3.8, 4) is 0 Å². The summed E-state index contributed by atoms with van der Waals surface area (Å²) >= 11 is 1.21. The zero-order chi connectivity index (χ0) is 46.4. The largest absolute Gasteiger partial charge is 0.368 e. The zero-order valence-corrected chi connectivity index (χ0v) is 38.0. The van der Waals surface area contributed by atoms with Crippen LogP contribution in [0.5, 0.6) is 0 Å². The molecular formula is C40H73N11O9S. The van der Waals surface area contributed by atoms with Crippen molar-refractivity contribution in [2.45, 2.75) is 143 Å². The first-order chi connectivity index (χ1) is 28.5. The van der Waals surface area contributed by atoms with Crippen LogP contribution in [0.3, 0.4) is 0 Å². The molecule has 1 fully saturated rings. The first-order valence-corrected chi connectivity index (χ1v) is 22.4. The molecule has 14 N–H and O–H groups in total. The highest BCUT2D eigenvalue weighted by Gasteiger charge is 2.33. The van der Waals surface area contributed by atoms with Gasteiger partial charge in [-0.15, -0.1) is 0 Å². The molecular weight excluding hydrogens is 811 g/mol. The average molecular weight is 884 g/mol. The second-order valence-corrected chi connectivity index (χ2v) is 18.3. The van der Waals surface area contributed by atoms with Crippen molar-refractivity contribution < 1.29 is 43.2 Å². The number of amides is 9. The van der Waals surface area contributed by atoms with E-state index in [2.05, 4.69) is 42.5 Å². The van der Waals surface area contributed by atoms with Crippen LogP contribution in [-0.2, 0) is 43.2 Å². The van der Waals surface area contributed by atoms with Gasteiger partial charge in [-0.3, -0.25) is 43.2 Å². The van der Waals surface area contributed by atoms with Crippen molar-refractivity contribution >= 4 is 64.9 Å². The van der Waals surface area contributed by atoms with Gasteiger partial charge in [0.05, 0.1) is 19.1 Å². The predicted octanol–water partition coefficient (Wildman–Crippen LogP) is -2.00. The highest BCUT2D eigenvalue weighted by Crippen LogP contribution is 2.13. The van der Waals surface area contributed by atoms with Gasteiger partial charge in [-0.1, -0.05) is 55.4 Å². The number of unbranched alkanes of at least 4 members (excludes halogenated alkanes) is 1. The van der Waals surface area contributed by atoms with Crippen molar-refractivity contribution in [2.75, 3.05) is 31.1 Å². The van der Waals surface area contributed by atoms with Gasteiger partial charge >= 0.3 is 0 Å². The van der Waals surface area contributed by atoms with E-state index in [-0.39, 0.29) is 61.4 Å². The summed E-state index contributed by atoms with van der Waals surface area (Å²) in [5, 5.41) is 21.0. The Hall–Kier alpha value is -4.50. The summed E-state index contributed by atoms with van der Waals surface area (Å²) in [6, 6.07) is -7.69. The molecule has 0 aromatic carbocycles. The predicted molar refractivity (Wildman–Crippen MR) is 233 cm³/mol. The molecule has 0 bridgehead atoms. The van der Waals surface area contributed by atoms with Crippen LogP contribution in [0.25, 0.3) is 0 Å². The number of hydrogen-bond acceptors (Lipinski definition) is 12. The van der Waals surface area contributed by atoms with Crippen LogP contribution in [0.1, 0.15) is 100 Å². The van der Waals surface area contributed by atoms with E-state index in [1.165, 1.54) is 11.8 Å². The standard InChI is InChI=1S/C40H73N11O9S/c1-21(2)15-27-36(56)45-19-32(53)51-33(24(7)8)40(60)49-28(16-22(3)4)37(57)44-18-31(52)46-26(11-9-10-13-41)38(58)48-29(17-23(5)6)39(59)50-30(34(43)54)20-61-14-12-25(42)35(55)47-27/h21-30,33H,9-20,41-42H2,1-8H3,(H2,43,54)(H,44,57)(H,45,56)(H,46,52)(H,47,55)(H,48,58)(H,49,60)(H,50,59)(H,51,53)/t25-,26?,27?,28?,29?,30-,33-/m0/s1. The van der Waals surface area contributed by atoms with Crippen LogP contribution in [0.15, 0.2) is 0 Å². The van der Waals surface area contributed by atoms with Gasteiger partial charge in [-0.2, -0.15) is 11.8 Å². The molecule has 1 rings (SSSR count). The van der Waals surface area contributed by atoms with E-state index < -0.39 is 114 Å². The number of rotatable bonds is 12. The molecule has 348 valence electrons. The molecule has 20 nitrogen and oxygen atoms in total. The molecule has 21 heteroatoms. The van der Waals surface area contributed by atoms with Gasteiger partial charge in [-0.25, -0.2) is 0 Å². The van der Waals surface area contributed by atoms with Crippen LogP contribution >= 0.6 is 11.8 Å². The molecule has 0 saturated carbocycles. The van der Waals surface area contributed by atoms with Gasteiger partial charge in [0.25, 0.3) is 0 Å². The summed E-state index contributed by atoms with van der Waals surface area (Å²) < 4.78 is 0. The van der Waals surface area contributed by atoms with E-state index in [9.17, 15) is 43.2 Å². The van der Waals surface area contributed by atoms with E-state index in [0.29, 0.717) is 19.4 Å². The lowest BCUT2D eigenvalue weighted by atomic mass is 10.00. The Morgan fingerprint density at radius 1 is 0.607 bits per heavy atom. The summed E-state index contributed by atoms with van der Waals surface area (Å²) in [6.07, 6.45) is 1.88. The molecule has 1 aliphatic rings. The Morgan fingerprint density at radius 3 is 1.54 bits per heavy atom. The number of nitrogens with one attached hydrogen (secondary N) is 8. The molecule has 0 radical (unpaired) electrons. The SMILES string of the molecule is CC(C)CC1NC(=O)C(CCCCN)NC(=O)CNC(=O)C(CC(C)C)NC(=O)[C@H](C(C)C)NC(=O)CNC(=O)C(CC(C)C)NC(=O)[C@@H](N)CCSC[C@@H](C(N)=O)NC1=O. The van der Waals surface area contributed by atoms with Crippen molar-refractivity contribution in [3.63, 3.8) is 0 Å². The van der Waals surface area contributed by atoms with Gasteiger partial charge in [0.1, 0.15) is 36.3 Å². The number of carbonyl (C=O) groups excluding carboxylic acids is 9. The Labute approximate surface area is 364 Å². The Balaban J connectivity index is 3.53. The van der Waals surface area contributed by atoms with Crippen molar-refractivity contribution in [2.24, 2.45) is 40.9 Å². The quantitative estimate of drug-likeness (QED) is 0.0949. The van der Waals surface area contributed by atoms with Crippen LogP contribution in [0.2, 0.25) is 0 Å². The Kier molecular flexibility index (Phi) is 25.2. The summed E-state index contributed by atoms with van der Waals surface area (Å²) in [7, 11) is 0. The number of thioether (sulfide) groups is 1. The fourth-order valence-corrected chi connectivity index (χ4v) is 7.35. The molecule has 0 spiro atoms. The van der Waals surface area contributed by atoms with Crippen molar-refractivity contribution in [1.82, 2.24) is 42.5 Å². The minimum Gasteiger partial charge on any atom is -0.368 e. The van der Waals surface area contributed by atoms with Crippen LogP contribution in [-0.4, -0.2) is 127 Å². The summed E-state index contributed by atoms with van der Waals surface area (Å²) in [6.45, 7) is 13.7. The first kappa shape index (κ1) is 54.5. The van der Waals surface area contributed by atoms with Gasteiger partial charge in [0, 0.05) is 5.75 Å². The maximum Gasteiger partial charge on any atom is 0.243 e. The number of nitrogens with two attached hydrogens (primary N) is 3. The fourth-order valence-electron chi connectivity index (χ4n) is 6.28. The second-order valence-electron chi connectivity index (χ2n) is 17.1. The summed E-state index contributed by atoms with van der Waals surface area (Å²) in [5.74, 6) is -6.51. The molecule has 1 heterocycles. The maximum atomic E-state index is 13.7. The third kappa shape index (κ3) is 21.7. The molecule has 1 saturated heterocycles. The smallest absolute Gasteiger partial charge is 0.243 e. The van der Waals surface area contributed by atoms with Crippen molar-refractivity contribution in [3.05, 3.63) is 0 Å². The van der Waals surface area contributed by atoms with Crippen LogP contribution in [0.4, 0.5) is 0 Å². The number of carbonyl (C=O) groups is 9. The van der Waals surface area contributed by atoms with Gasteiger partial charge in [-0.05, 0) is 80.9 Å². The van der Waals surface area contributed by atoms with Crippen molar-refractivity contribution in [1.29, 1.82) is 0 Å². The molecule has 0 aromatic heterocycles. The highest BCUT2D eigenvalue weighted by molar-refractivity contribution is 7.99. The molecule has 4 unspecified atom stereocenters. The van der Waals surface area contributed by atoms with E-state index in [1.54, 1.807) is 13.8 Å². The topological polar surface area (TPSA) is 328 Å². The Morgan fingerprint density at radius 2 is 1.07 bits per heavy atom. The molecule has 1 aliphatic heterocycles. The molecule has 9 amide bonds. The van der Waals surface area contributed by atoms with Gasteiger partial charge in [0.15, 0.2) is 0 Å². The van der Waals surface area contributed by atoms with E-state index in [0.717, 1.165) is 0 Å². The number of primary amides is 1. The average Bonchev–Trinajstić information content (AvgIpc) is 3.16. The maximum absolute atomic E-state index is 13.7. The molecule has 61 heavy (non-hydrogen) atoms. The zero-order valence-electron chi connectivity index (χ0n) is 37.2. The Bertz CT molecular complexity index is 1500. The third-order valence-electron chi connectivity index (χ3n) is 9.59. The van der Waals surface area contributed by atoms with Crippen LogP contribution in [0, 0.1) is 23.7 Å². The summed E-state index contributed by atoms with van der Waals surface area (Å²) in [5.41, 5.74) is 17.5. The fraction of sp³-hybridized carbons (Fsp3) is 0.775. The lowest BCUT2D eigenvalue weighted by Crippen LogP contribution is -2.58. The second kappa shape index (κ2) is 28.2. The number of hydrogen-bond donors (Lipinski definition) is 11. The third-order valence-corrected chi connectivity index (χ3v) is 10.7. The molecule has 0 aliphatic carbocycles. The minimum absolute atomic E-state index is 0.0263. The van der Waals surface area contributed by atoms with Gasteiger partial charge < -0.3 is 59.7 Å². The lowest BCUT2D eigenvalue weighted by molar-refractivity contribution is -0.135. The first-order valence-electron chi connectivity index (χ1n) is 21.2. The lowest BCUT2D eigenvalue weighted by Gasteiger charge is -2.27. The monoisotopic (exact) mass is 884 g/mol. The highest BCUT2D eigenvalue weighted by atomic mass is 32.2. The normalized spacial score (nSPS) is 25.8. The van der Waals surface area contributed by atoms with E-state index >= 15 is 0 Å². The summed E-state index contributed by atoms with van der Waals surface area (Å²) in [4.78, 5) is 119. The molecule has 7 atom stereocenters. The molecule has 0 aromatic rings. The minimum atomic E-state index is -1.15.